The molecule has 2 N–H and O–H groups in total. The van der Waals surface area contributed by atoms with Crippen LogP contribution in [0.3, 0.4) is 0 Å². The monoisotopic (exact) mass is 1210 g/mol. The van der Waals surface area contributed by atoms with Crippen molar-refractivity contribution in [3.63, 3.8) is 0 Å². The number of hydrogen-bond acceptors (Lipinski definition) is 4. The Kier molecular flexibility index (Phi) is 70.2. The summed E-state index contributed by atoms with van der Waals surface area (Å²) in [6, 6.07) is 0. The van der Waals surface area contributed by atoms with Crippen LogP contribution in [0.5, 0.6) is 0 Å². The second-order valence-electron chi connectivity index (χ2n) is 27.3. The predicted octanol–water partition coefficient (Wildman–Crippen LogP) is 23.9. The van der Waals surface area contributed by atoms with Crippen LogP contribution in [0.4, 0.5) is 0 Å². The molecule has 0 spiro atoms. The molecule has 0 aromatic carbocycles. The summed E-state index contributed by atoms with van der Waals surface area (Å²) in [6.07, 6.45) is 80.1. The average molecular weight is 1210 g/mol. The maximum Gasteiger partial charge on any atom is 0.222 e. The standard InChI is InChI=1S/C78H154N4O4/c1-5-9-13-17-21-25-29-33-37-41-45-49-53-57-61-65-75(83)79-69-71-81(77(85)67-63-59-55-51-47-43-39-35-31-27-23-19-15-11-7-3)73-74-82(78(86)68-64-60-56-52-48-44-40-36-32-28-24-20-16-12-8-4)72-70-80-76(84)66-62-58-54-50-46-42-38-34-30-26-22-18-14-10-6-2/h5-74H2,1-4H3,(H,79,83)(H,80,84). The SMILES string of the molecule is CCCCCCCCCCCCCCCCCC(=O)NCCN(CCN(CCNC(=O)CCCCCCCCCCCCCCCCC)C(=O)CCCCCCCCCCCCCCCCC)C(=O)CCCCCCCCCCCCCCCCC. The van der Waals surface area contributed by atoms with Gasteiger partial charge in [0.1, 0.15) is 0 Å². The van der Waals surface area contributed by atoms with E-state index in [1.807, 2.05) is 9.80 Å². The third-order valence-corrected chi connectivity index (χ3v) is 18.8. The highest BCUT2D eigenvalue weighted by molar-refractivity contribution is 5.78. The second-order valence-corrected chi connectivity index (χ2v) is 27.3. The first-order chi connectivity index (χ1) is 42.4. The van der Waals surface area contributed by atoms with Crippen LogP contribution in [0.1, 0.15) is 439 Å². The van der Waals surface area contributed by atoms with E-state index in [4.69, 9.17) is 0 Å². The van der Waals surface area contributed by atoms with Gasteiger partial charge in [0.25, 0.3) is 0 Å². The number of unbranched alkanes of at least 4 members (excludes halogenated alkanes) is 56. The molecule has 0 bridgehead atoms. The molecule has 8 heteroatoms. The minimum absolute atomic E-state index is 0.0786. The Morgan fingerprint density at radius 1 is 0.198 bits per heavy atom. The molecule has 0 aliphatic rings. The first-order valence-corrected chi connectivity index (χ1v) is 39.5. The summed E-state index contributed by atoms with van der Waals surface area (Å²) < 4.78 is 0. The molecule has 0 saturated carbocycles. The van der Waals surface area contributed by atoms with E-state index in [0.29, 0.717) is 65.0 Å². The van der Waals surface area contributed by atoms with Gasteiger partial charge >= 0.3 is 0 Å². The van der Waals surface area contributed by atoms with Crippen LogP contribution in [0, 0.1) is 0 Å². The van der Waals surface area contributed by atoms with Gasteiger partial charge in [0.05, 0.1) is 0 Å². The summed E-state index contributed by atoms with van der Waals surface area (Å²) in [4.78, 5) is 58.0. The molecule has 0 rings (SSSR count). The maximum absolute atomic E-state index is 14.0. The van der Waals surface area contributed by atoms with Crippen molar-refractivity contribution in [1.29, 1.82) is 0 Å². The molecule has 0 fully saturated rings. The van der Waals surface area contributed by atoms with Crippen molar-refractivity contribution >= 4 is 23.6 Å². The van der Waals surface area contributed by atoms with E-state index in [1.165, 1.54) is 334 Å². The van der Waals surface area contributed by atoms with Crippen LogP contribution in [0.15, 0.2) is 0 Å². The van der Waals surface area contributed by atoms with Gasteiger partial charge in [-0.1, -0.05) is 387 Å². The Bertz CT molecular complexity index is 1290. The summed E-state index contributed by atoms with van der Waals surface area (Å²) in [5, 5.41) is 6.31. The van der Waals surface area contributed by atoms with Crippen LogP contribution in [-0.4, -0.2) is 72.7 Å². The maximum atomic E-state index is 14.0. The lowest BCUT2D eigenvalue weighted by Crippen LogP contribution is -2.45. The largest absolute Gasteiger partial charge is 0.354 e. The Morgan fingerprint density at radius 3 is 0.523 bits per heavy atom. The van der Waals surface area contributed by atoms with Crippen molar-refractivity contribution in [3.8, 4) is 0 Å². The number of nitrogens with one attached hydrogen (secondary N) is 2. The highest BCUT2D eigenvalue weighted by atomic mass is 16.2. The van der Waals surface area contributed by atoms with Crippen LogP contribution in [0.2, 0.25) is 0 Å². The lowest BCUT2D eigenvalue weighted by Gasteiger charge is -2.28. The number of carbonyl (C=O) groups excluding carboxylic acids is 4. The quantitative estimate of drug-likeness (QED) is 0.0593. The highest BCUT2D eigenvalue weighted by Crippen LogP contribution is 2.19. The Labute approximate surface area is 538 Å². The second kappa shape index (κ2) is 71.9. The average Bonchev–Trinajstić information content (AvgIpc) is 3.58. The van der Waals surface area contributed by atoms with Gasteiger partial charge in [-0.25, -0.2) is 0 Å². The van der Waals surface area contributed by atoms with E-state index in [-0.39, 0.29) is 23.6 Å². The summed E-state index contributed by atoms with van der Waals surface area (Å²) in [5.41, 5.74) is 0. The summed E-state index contributed by atoms with van der Waals surface area (Å²) >= 11 is 0. The smallest absolute Gasteiger partial charge is 0.222 e. The molecule has 86 heavy (non-hydrogen) atoms. The molecule has 0 atom stereocenters. The molecule has 0 aliphatic heterocycles. The van der Waals surface area contributed by atoms with Crippen molar-refractivity contribution in [2.45, 2.75) is 439 Å². The lowest BCUT2D eigenvalue weighted by atomic mass is 10.0. The van der Waals surface area contributed by atoms with E-state index >= 15 is 0 Å². The fourth-order valence-corrected chi connectivity index (χ4v) is 12.7. The zero-order valence-electron chi connectivity index (χ0n) is 59.0. The van der Waals surface area contributed by atoms with Gasteiger partial charge in [0, 0.05) is 65.0 Å². The Hall–Kier alpha value is -2.12. The Morgan fingerprint density at radius 2 is 0.349 bits per heavy atom. The van der Waals surface area contributed by atoms with Gasteiger partial charge < -0.3 is 20.4 Å². The van der Waals surface area contributed by atoms with Crippen molar-refractivity contribution in [1.82, 2.24) is 20.4 Å². The van der Waals surface area contributed by atoms with Crippen molar-refractivity contribution in [3.05, 3.63) is 0 Å². The number of amides is 4. The van der Waals surface area contributed by atoms with Crippen molar-refractivity contribution in [2.75, 3.05) is 39.3 Å². The summed E-state index contributed by atoms with van der Waals surface area (Å²) in [6.45, 7) is 11.8. The van der Waals surface area contributed by atoms with Gasteiger partial charge in [0.15, 0.2) is 0 Å². The van der Waals surface area contributed by atoms with Gasteiger partial charge in [-0.15, -0.1) is 0 Å². The number of rotatable bonds is 73. The molecular formula is C78H154N4O4. The van der Waals surface area contributed by atoms with Crippen molar-refractivity contribution < 1.29 is 19.2 Å². The van der Waals surface area contributed by atoms with E-state index < -0.39 is 0 Å². The molecule has 0 heterocycles. The zero-order chi connectivity index (χ0) is 62.4. The van der Waals surface area contributed by atoms with Crippen molar-refractivity contribution in [2.24, 2.45) is 0 Å². The molecular weight excluding hydrogens is 1060 g/mol. The minimum atomic E-state index is 0.0786. The fourth-order valence-electron chi connectivity index (χ4n) is 12.7. The molecule has 0 radical (unpaired) electrons. The minimum Gasteiger partial charge on any atom is -0.354 e. The first kappa shape index (κ1) is 83.9. The molecule has 4 amide bonds. The normalized spacial score (nSPS) is 11.4. The van der Waals surface area contributed by atoms with E-state index in [2.05, 4.69) is 38.3 Å². The zero-order valence-corrected chi connectivity index (χ0v) is 59.0. The number of hydrogen-bond donors (Lipinski definition) is 2. The molecule has 0 unspecified atom stereocenters. The van der Waals surface area contributed by atoms with Crippen LogP contribution in [-0.2, 0) is 19.2 Å². The van der Waals surface area contributed by atoms with E-state index in [1.54, 1.807) is 0 Å². The molecule has 8 nitrogen and oxygen atoms in total. The van der Waals surface area contributed by atoms with Gasteiger partial charge in [0.2, 0.25) is 23.6 Å². The van der Waals surface area contributed by atoms with Crippen LogP contribution in [0.25, 0.3) is 0 Å². The topological polar surface area (TPSA) is 98.8 Å². The fraction of sp³-hybridized carbons (Fsp3) is 0.949. The summed E-state index contributed by atoms with van der Waals surface area (Å²) in [5.74, 6) is 0.413. The van der Waals surface area contributed by atoms with Crippen LogP contribution >= 0.6 is 0 Å². The molecule has 0 aromatic heterocycles. The molecule has 0 aliphatic carbocycles. The van der Waals surface area contributed by atoms with E-state index in [9.17, 15) is 19.2 Å². The lowest BCUT2D eigenvalue weighted by molar-refractivity contribution is -0.135. The first-order valence-electron chi connectivity index (χ1n) is 39.5. The molecule has 510 valence electrons. The number of nitrogens with zero attached hydrogens (tertiary/aromatic N) is 2. The number of carbonyl (C=O) groups is 4. The summed E-state index contributed by atoms with van der Waals surface area (Å²) in [7, 11) is 0. The molecule has 0 aromatic rings. The third kappa shape index (κ3) is 64.9. The predicted molar refractivity (Wildman–Crippen MR) is 377 cm³/mol. The van der Waals surface area contributed by atoms with E-state index in [0.717, 1.165) is 51.4 Å². The van der Waals surface area contributed by atoms with Gasteiger partial charge in [-0.3, -0.25) is 19.2 Å². The van der Waals surface area contributed by atoms with Gasteiger partial charge in [-0.2, -0.15) is 0 Å². The van der Waals surface area contributed by atoms with Crippen LogP contribution < -0.4 is 10.6 Å². The van der Waals surface area contributed by atoms with Gasteiger partial charge in [-0.05, 0) is 25.7 Å². The highest BCUT2D eigenvalue weighted by Gasteiger charge is 2.19. The third-order valence-electron chi connectivity index (χ3n) is 18.8. The molecule has 0 saturated heterocycles. The Balaban J connectivity index is 5.24.